The fourth-order valence-corrected chi connectivity index (χ4v) is 11.9. The second kappa shape index (κ2) is 10.9. The minimum Gasteiger partial charge on any atom is -0.481 e. The SMILES string of the molecule is C=C1CCC2(C(=O)O)CCC3(C)C(=CCC4C5(C)CCC(OC6OC(C(=O)OC)C(O)C(O)C6O)C(C)(C)C5CCC43C)C2C1. The molecule has 9 nitrogen and oxygen atoms in total. The van der Waals surface area contributed by atoms with Crippen molar-refractivity contribution >= 4 is 11.9 Å². The molecule has 0 aromatic carbocycles. The van der Waals surface area contributed by atoms with E-state index < -0.39 is 48.1 Å². The summed E-state index contributed by atoms with van der Waals surface area (Å²) < 4.78 is 16.9. The van der Waals surface area contributed by atoms with Crippen LogP contribution in [0, 0.1) is 44.8 Å². The molecule has 5 aliphatic carbocycles. The summed E-state index contributed by atoms with van der Waals surface area (Å²) in [5.74, 6) is -0.729. The smallest absolute Gasteiger partial charge is 0.337 e. The average Bonchev–Trinajstić information content (AvgIpc) is 2.98. The van der Waals surface area contributed by atoms with Crippen molar-refractivity contribution < 1.29 is 44.2 Å². The minimum absolute atomic E-state index is 0.00912. The molecule has 252 valence electrons. The summed E-state index contributed by atoms with van der Waals surface area (Å²) in [5, 5.41) is 42.2. The Kier molecular flexibility index (Phi) is 8.01. The lowest BCUT2D eigenvalue weighted by atomic mass is 9.34. The summed E-state index contributed by atoms with van der Waals surface area (Å²) in [5.41, 5.74) is 1.51. The summed E-state index contributed by atoms with van der Waals surface area (Å²) in [7, 11) is 1.18. The summed E-state index contributed by atoms with van der Waals surface area (Å²) in [6.07, 6.45) is 3.15. The van der Waals surface area contributed by atoms with Gasteiger partial charge < -0.3 is 34.6 Å². The summed E-state index contributed by atoms with van der Waals surface area (Å²) >= 11 is 0. The van der Waals surface area contributed by atoms with E-state index in [9.17, 15) is 30.0 Å². The van der Waals surface area contributed by atoms with Crippen molar-refractivity contribution in [1.82, 2.24) is 0 Å². The van der Waals surface area contributed by atoms with E-state index in [4.69, 9.17) is 14.2 Å². The van der Waals surface area contributed by atoms with Crippen molar-refractivity contribution in [3.8, 4) is 0 Å². The molecule has 1 heterocycles. The third kappa shape index (κ3) is 4.50. The number of rotatable bonds is 4. The highest BCUT2D eigenvalue weighted by Gasteiger charge is 2.69. The molecular weight excluding hydrogens is 576 g/mol. The van der Waals surface area contributed by atoms with Gasteiger partial charge in [-0.15, -0.1) is 0 Å². The van der Waals surface area contributed by atoms with Crippen LogP contribution in [0.2, 0.25) is 0 Å². The first kappa shape index (κ1) is 33.1. The first-order chi connectivity index (χ1) is 21.0. The highest BCUT2D eigenvalue weighted by Crippen LogP contribution is 2.75. The maximum Gasteiger partial charge on any atom is 0.337 e. The fourth-order valence-electron chi connectivity index (χ4n) is 11.9. The van der Waals surface area contributed by atoms with Crippen molar-refractivity contribution in [2.24, 2.45) is 44.8 Å². The molecule has 6 aliphatic rings. The van der Waals surface area contributed by atoms with Gasteiger partial charge >= 0.3 is 11.9 Å². The van der Waals surface area contributed by atoms with E-state index in [0.29, 0.717) is 18.3 Å². The number of hydrogen-bond donors (Lipinski definition) is 4. The molecule has 0 aromatic rings. The number of aliphatic hydroxyl groups excluding tert-OH is 3. The first-order valence-electron chi connectivity index (χ1n) is 17.0. The zero-order valence-corrected chi connectivity index (χ0v) is 27.9. The third-order valence-electron chi connectivity index (χ3n) is 14.7. The number of carboxylic acid groups (broad SMARTS) is 1. The quantitative estimate of drug-likeness (QED) is 0.196. The summed E-state index contributed by atoms with van der Waals surface area (Å²) in [6, 6.07) is 0. The van der Waals surface area contributed by atoms with Gasteiger partial charge in [-0.2, -0.15) is 0 Å². The predicted molar refractivity (Wildman–Crippen MR) is 166 cm³/mol. The van der Waals surface area contributed by atoms with Crippen LogP contribution in [-0.4, -0.2) is 76.3 Å². The van der Waals surface area contributed by atoms with E-state index in [1.807, 2.05) is 0 Å². The largest absolute Gasteiger partial charge is 0.481 e. The molecular formula is C36H54O9. The highest BCUT2D eigenvalue weighted by atomic mass is 16.7. The van der Waals surface area contributed by atoms with Gasteiger partial charge in [-0.3, -0.25) is 4.79 Å². The van der Waals surface area contributed by atoms with Gasteiger partial charge in [-0.05, 0) is 97.7 Å². The zero-order chi connectivity index (χ0) is 32.9. The van der Waals surface area contributed by atoms with Crippen LogP contribution in [0.3, 0.4) is 0 Å². The lowest BCUT2D eigenvalue weighted by Gasteiger charge is -2.71. The number of esters is 1. The molecule has 0 amide bonds. The van der Waals surface area contributed by atoms with E-state index in [0.717, 1.165) is 57.8 Å². The zero-order valence-electron chi connectivity index (χ0n) is 27.9. The van der Waals surface area contributed by atoms with Crippen LogP contribution < -0.4 is 0 Å². The van der Waals surface area contributed by atoms with E-state index >= 15 is 0 Å². The Hall–Kier alpha value is -1.78. The summed E-state index contributed by atoms with van der Waals surface area (Å²) in [6.45, 7) is 16.1. The maximum atomic E-state index is 12.8. The van der Waals surface area contributed by atoms with Gasteiger partial charge in [-0.1, -0.05) is 58.4 Å². The van der Waals surface area contributed by atoms with Gasteiger partial charge in [0.2, 0.25) is 0 Å². The predicted octanol–water partition coefficient (Wildman–Crippen LogP) is 4.77. The molecule has 45 heavy (non-hydrogen) atoms. The van der Waals surface area contributed by atoms with E-state index in [1.165, 1.54) is 18.3 Å². The van der Waals surface area contributed by atoms with Crippen LogP contribution in [0.1, 0.15) is 98.8 Å². The molecule has 0 aromatic heterocycles. The van der Waals surface area contributed by atoms with Gasteiger partial charge in [0, 0.05) is 5.92 Å². The molecule has 4 N–H and O–H groups in total. The lowest BCUT2D eigenvalue weighted by molar-refractivity contribution is -0.324. The van der Waals surface area contributed by atoms with E-state index in [2.05, 4.69) is 47.3 Å². The van der Waals surface area contributed by atoms with E-state index in [-0.39, 0.29) is 33.7 Å². The molecule has 4 saturated carbocycles. The molecule has 5 fully saturated rings. The number of hydrogen-bond acceptors (Lipinski definition) is 8. The number of fused-ring (bicyclic) bond motifs is 7. The number of carbonyl (C=O) groups is 2. The topological polar surface area (TPSA) is 143 Å². The highest BCUT2D eigenvalue weighted by molar-refractivity contribution is 5.77. The normalized spacial score (nSPS) is 50.6. The van der Waals surface area contributed by atoms with Crippen molar-refractivity contribution in [2.45, 2.75) is 136 Å². The Labute approximate surface area is 267 Å². The monoisotopic (exact) mass is 630 g/mol. The molecule has 0 bridgehead atoms. The van der Waals surface area contributed by atoms with Crippen LogP contribution in [-0.2, 0) is 23.8 Å². The molecule has 0 spiro atoms. The van der Waals surface area contributed by atoms with Gasteiger partial charge in [0.05, 0.1) is 18.6 Å². The average molecular weight is 631 g/mol. The Balaban J connectivity index is 1.28. The number of aliphatic hydroxyl groups is 3. The number of allylic oxidation sites excluding steroid dienone is 3. The van der Waals surface area contributed by atoms with E-state index in [1.54, 1.807) is 0 Å². The second-order valence-corrected chi connectivity index (χ2v) is 16.7. The Morgan fingerprint density at radius 1 is 0.933 bits per heavy atom. The number of carboxylic acids is 1. The summed E-state index contributed by atoms with van der Waals surface area (Å²) in [4.78, 5) is 25.1. The Morgan fingerprint density at radius 3 is 2.31 bits per heavy atom. The van der Waals surface area contributed by atoms with Crippen LogP contribution in [0.5, 0.6) is 0 Å². The molecule has 6 rings (SSSR count). The third-order valence-corrected chi connectivity index (χ3v) is 14.7. The van der Waals surface area contributed by atoms with Gasteiger partial charge in [-0.25, -0.2) is 4.79 Å². The lowest BCUT2D eigenvalue weighted by Crippen LogP contribution is -2.66. The fraction of sp³-hybridized carbons (Fsp3) is 0.833. The van der Waals surface area contributed by atoms with Gasteiger partial charge in [0.1, 0.15) is 18.3 Å². The maximum absolute atomic E-state index is 12.8. The van der Waals surface area contributed by atoms with Gasteiger partial charge in [0.25, 0.3) is 0 Å². The van der Waals surface area contributed by atoms with Crippen molar-refractivity contribution in [3.05, 3.63) is 23.8 Å². The molecule has 13 atom stereocenters. The number of methoxy groups -OCH3 is 1. The Morgan fingerprint density at radius 2 is 1.64 bits per heavy atom. The van der Waals surface area contributed by atoms with Crippen LogP contribution in [0.25, 0.3) is 0 Å². The van der Waals surface area contributed by atoms with Crippen LogP contribution in [0.15, 0.2) is 23.8 Å². The molecule has 13 unspecified atom stereocenters. The molecule has 0 radical (unpaired) electrons. The van der Waals surface area contributed by atoms with Crippen molar-refractivity contribution in [2.75, 3.05) is 7.11 Å². The molecule has 9 heteroatoms. The van der Waals surface area contributed by atoms with Crippen molar-refractivity contribution in [3.63, 3.8) is 0 Å². The number of carbonyl (C=O) groups excluding carboxylic acids is 1. The Bertz CT molecular complexity index is 1270. The molecule has 1 aliphatic heterocycles. The standard InChI is InChI=1S/C36H54O9/c1-19-10-15-36(31(41)42)17-16-34(5)20(21(36)18-19)8-9-23-33(4)13-12-24(32(2,3)22(33)11-14-35(23,34)6)44-30-27(39)25(37)26(38)28(45-30)29(40)43-7/h8,21-28,30,37-39H,1,9-18H2,2-7H3,(H,41,42). The van der Waals surface area contributed by atoms with Crippen LogP contribution >= 0.6 is 0 Å². The number of ether oxygens (including phenoxy) is 3. The van der Waals surface area contributed by atoms with Crippen molar-refractivity contribution in [1.29, 1.82) is 0 Å². The first-order valence-corrected chi connectivity index (χ1v) is 17.0. The van der Waals surface area contributed by atoms with Crippen LogP contribution in [0.4, 0.5) is 0 Å². The number of aliphatic carboxylic acids is 1. The second-order valence-electron chi connectivity index (χ2n) is 16.7. The van der Waals surface area contributed by atoms with Gasteiger partial charge in [0.15, 0.2) is 12.4 Å². The molecule has 1 saturated heterocycles. The minimum atomic E-state index is -1.62.